The van der Waals surface area contributed by atoms with Crippen LogP contribution in [-0.2, 0) is 0 Å². The molecule has 0 unspecified atom stereocenters. The molecule has 9 heavy (non-hydrogen) atoms. The SMILES string of the molecule is CNC(=O)N(C#N)C#N. The zero-order valence-electron chi connectivity index (χ0n) is 4.75. The van der Waals surface area contributed by atoms with Gasteiger partial charge in [-0.05, 0) is 0 Å². The first-order valence-corrected chi connectivity index (χ1v) is 2.07. The molecule has 0 radical (unpaired) electrons. The third-order valence-electron chi connectivity index (χ3n) is 0.617. The molecule has 0 fully saturated rings. The summed E-state index contributed by atoms with van der Waals surface area (Å²) in [5, 5.41) is 18.1. The second-order valence-electron chi connectivity index (χ2n) is 1.09. The third-order valence-corrected chi connectivity index (χ3v) is 0.617. The van der Waals surface area contributed by atoms with Crippen molar-refractivity contribution in [2.24, 2.45) is 0 Å². The third kappa shape index (κ3) is 1.66. The van der Waals surface area contributed by atoms with Gasteiger partial charge in [-0.15, -0.1) is 4.90 Å². The largest absolute Gasteiger partial charge is 0.344 e. The Labute approximate surface area is 52.1 Å². The fourth-order valence-corrected chi connectivity index (χ4v) is 0.225. The molecule has 5 nitrogen and oxygen atoms in total. The van der Waals surface area contributed by atoms with Gasteiger partial charge in [0.25, 0.3) is 0 Å². The summed E-state index contributed by atoms with van der Waals surface area (Å²) in [6, 6.07) is -0.722. The molecule has 0 saturated carbocycles. The van der Waals surface area contributed by atoms with E-state index in [0.717, 1.165) is 0 Å². The topological polar surface area (TPSA) is 79.9 Å². The summed E-state index contributed by atoms with van der Waals surface area (Å²) in [7, 11) is 1.34. The van der Waals surface area contributed by atoms with E-state index in [1.165, 1.54) is 19.4 Å². The Bertz CT molecular complexity index is 172. The Morgan fingerprint density at radius 1 is 1.56 bits per heavy atom. The van der Waals surface area contributed by atoms with E-state index in [1.807, 2.05) is 0 Å². The maximum Gasteiger partial charge on any atom is 0.344 e. The van der Waals surface area contributed by atoms with E-state index in [2.05, 4.69) is 5.32 Å². The predicted molar refractivity (Wildman–Crippen MR) is 27.5 cm³/mol. The van der Waals surface area contributed by atoms with Crippen LogP contribution in [0.4, 0.5) is 4.79 Å². The number of nitriles is 2. The van der Waals surface area contributed by atoms with Crippen LogP contribution in [0.1, 0.15) is 0 Å². The van der Waals surface area contributed by atoms with E-state index in [4.69, 9.17) is 10.5 Å². The lowest BCUT2D eigenvalue weighted by Gasteiger charge is -1.98. The number of carbonyl (C=O) groups is 1. The molecule has 2 amide bonds. The van der Waals surface area contributed by atoms with Crippen LogP contribution in [0.2, 0.25) is 0 Å². The quantitative estimate of drug-likeness (QED) is 0.352. The van der Waals surface area contributed by atoms with E-state index < -0.39 is 6.03 Å². The fraction of sp³-hybridized carbons (Fsp3) is 0.250. The zero-order valence-corrected chi connectivity index (χ0v) is 4.75. The van der Waals surface area contributed by atoms with Crippen molar-refractivity contribution in [3.63, 3.8) is 0 Å². The highest BCUT2D eigenvalue weighted by Crippen LogP contribution is 1.79. The molecule has 0 aliphatic rings. The number of hydrogen-bond acceptors (Lipinski definition) is 3. The van der Waals surface area contributed by atoms with Crippen LogP contribution in [0.3, 0.4) is 0 Å². The van der Waals surface area contributed by atoms with Crippen molar-refractivity contribution in [2.45, 2.75) is 0 Å². The highest BCUT2D eigenvalue weighted by Gasteiger charge is 2.07. The van der Waals surface area contributed by atoms with Gasteiger partial charge in [0.05, 0.1) is 0 Å². The van der Waals surface area contributed by atoms with E-state index in [9.17, 15) is 4.79 Å². The highest BCUT2D eigenvalue weighted by atomic mass is 16.2. The number of amides is 2. The van der Waals surface area contributed by atoms with Gasteiger partial charge in [-0.3, -0.25) is 0 Å². The summed E-state index contributed by atoms with van der Waals surface area (Å²) < 4.78 is 0. The first kappa shape index (κ1) is 7.25. The number of nitrogens with one attached hydrogen (secondary N) is 1. The van der Waals surface area contributed by atoms with Crippen molar-refractivity contribution in [2.75, 3.05) is 7.05 Å². The van der Waals surface area contributed by atoms with E-state index >= 15 is 0 Å². The van der Waals surface area contributed by atoms with Crippen LogP contribution in [0, 0.1) is 22.9 Å². The second kappa shape index (κ2) is 3.28. The predicted octanol–water partition coefficient (Wildman–Crippen LogP) is -0.410. The van der Waals surface area contributed by atoms with Gasteiger partial charge in [-0.25, -0.2) is 4.79 Å². The monoisotopic (exact) mass is 124 g/mol. The standard InChI is InChI=1S/C4H4N4O/c1-7-4(9)8(2-5)3-6/h1H3,(H,7,9). The van der Waals surface area contributed by atoms with Crippen LogP contribution in [-0.4, -0.2) is 18.0 Å². The van der Waals surface area contributed by atoms with Gasteiger partial charge in [0.1, 0.15) is 0 Å². The highest BCUT2D eigenvalue weighted by molar-refractivity contribution is 5.76. The summed E-state index contributed by atoms with van der Waals surface area (Å²) in [5.41, 5.74) is 0. The lowest BCUT2D eigenvalue weighted by atomic mass is 10.8. The van der Waals surface area contributed by atoms with Crippen LogP contribution < -0.4 is 5.32 Å². The minimum absolute atomic E-state index is 0.333. The number of nitrogens with zero attached hydrogens (tertiary/aromatic N) is 3. The Hall–Kier alpha value is -1.75. The second-order valence-corrected chi connectivity index (χ2v) is 1.09. The van der Waals surface area contributed by atoms with Crippen LogP contribution in [0.25, 0.3) is 0 Å². The Kier molecular flexibility index (Phi) is 2.64. The summed E-state index contributed by atoms with van der Waals surface area (Å²) in [6.07, 6.45) is 2.73. The Balaban J connectivity index is 4.05. The summed E-state index contributed by atoms with van der Waals surface area (Å²) in [6.45, 7) is 0. The molecule has 0 rings (SSSR count). The molecule has 0 aromatic heterocycles. The summed E-state index contributed by atoms with van der Waals surface area (Å²) >= 11 is 0. The maximum absolute atomic E-state index is 10.3. The average molecular weight is 124 g/mol. The lowest BCUT2D eigenvalue weighted by Crippen LogP contribution is -2.30. The first-order valence-electron chi connectivity index (χ1n) is 2.07. The molecule has 1 N–H and O–H groups in total. The first-order chi connectivity index (χ1) is 4.26. The molecule has 46 valence electrons. The molecular weight excluding hydrogens is 120 g/mol. The smallest absolute Gasteiger partial charge is 0.339 e. The maximum atomic E-state index is 10.3. The van der Waals surface area contributed by atoms with Gasteiger partial charge >= 0.3 is 6.03 Å². The van der Waals surface area contributed by atoms with Crippen molar-refractivity contribution in [1.29, 1.82) is 10.5 Å². The average Bonchev–Trinajstić information content (AvgIpc) is 1.90. The van der Waals surface area contributed by atoms with Crippen molar-refractivity contribution < 1.29 is 4.79 Å². The molecule has 0 spiro atoms. The minimum Gasteiger partial charge on any atom is -0.339 e. The van der Waals surface area contributed by atoms with Gasteiger partial charge < -0.3 is 5.32 Å². The molecular formula is C4H4N4O. The van der Waals surface area contributed by atoms with Gasteiger partial charge in [0.2, 0.25) is 12.4 Å². The molecule has 0 aromatic carbocycles. The van der Waals surface area contributed by atoms with E-state index in [-0.39, 0.29) is 0 Å². The van der Waals surface area contributed by atoms with Gasteiger partial charge in [-0.1, -0.05) is 0 Å². The normalized spacial score (nSPS) is 6.56. The summed E-state index contributed by atoms with van der Waals surface area (Å²) in [4.78, 5) is 10.7. The molecule has 0 heterocycles. The molecule has 0 bridgehead atoms. The van der Waals surface area contributed by atoms with Gasteiger partial charge in [-0.2, -0.15) is 10.5 Å². The van der Waals surface area contributed by atoms with E-state index in [1.54, 1.807) is 0 Å². The molecule has 5 heteroatoms. The van der Waals surface area contributed by atoms with Crippen molar-refractivity contribution in [3.05, 3.63) is 0 Å². The van der Waals surface area contributed by atoms with Crippen molar-refractivity contribution in [1.82, 2.24) is 10.2 Å². The van der Waals surface area contributed by atoms with Gasteiger partial charge in [0.15, 0.2) is 0 Å². The van der Waals surface area contributed by atoms with Crippen molar-refractivity contribution in [3.8, 4) is 12.4 Å². The fourth-order valence-electron chi connectivity index (χ4n) is 0.225. The number of rotatable bonds is 0. The number of hydrogen-bond donors (Lipinski definition) is 1. The van der Waals surface area contributed by atoms with Crippen LogP contribution >= 0.6 is 0 Å². The Morgan fingerprint density at radius 3 is 2.11 bits per heavy atom. The molecule has 0 saturated heterocycles. The van der Waals surface area contributed by atoms with E-state index in [0.29, 0.717) is 4.90 Å². The summed E-state index contributed by atoms with van der Waals surface area (Å²) in [5.74, 6) is 0. The minimum atomic E-state index is -0.722. The zero-order chi connectivity index (χ0) is 7.28. The van der Waals surface area contributed by atoms with Crippen LogP contribution in [0.5, 0.6) is 0 Å². The molecule has 0 atom stereocenters. The number of carbonyl (C=O) groups excluding carboxylic acids is 1. The van der Waals surface area contributed by atoms with Crippen molar-refractivity contribution >= 4 is 6.03 Å². The molecule has 0 aliphatic heterocycles. The molecule has 0 aromatic rings. The Morgan fingerprint density at radius 2 is 2.00 bits per heavy atom. The van der Waals surface area contributed by atoms with Crippen LogP contribution in [0.15, 0.2) is 0 Å². The number of urea groups is 1. The lowest BCUT2D eigenvalue weighted by molar-refractivity contribution is 0.231. The van der Waals surface area contributed by atoms with Gasteiger partial charge in [0, 0.05) is 7.05 Å². The molecule has 0 aliphatic carbocycles.